The van der Waals surface area contributed by atoms with E-state index >= 15 is 0 Å². The molecule has 0 radical (unpaired) electrons. The highest BCUT2D eigenvalue weighted by atomic mass is 32.1. The Morgan fingerprint density at radius 2 is 1.95 bits per heavy atom. The van der Waals surface area contributed by atoms with Crippen molar-refractivity contribution in [2.45, 2.75) is 26.3 Å². The van der Waals surface area contributed by atoms with Crippen molar-refractivity contribution in [2.75, 3.05) is 0 Å². The Kier molecular flexibility index (Phi) is 5.16. The van der Waals surface area contributed by atoms with Crippen LogP contribution in [0.2, 0.25) is 0 Å². The van der Waals surface area contributed by atoms with Gasteiger partial charge in [-0.1, -0.05) is 0 Å². The SMILES string of the molecule is Cc1nc(CNC(=O)CCC(=O)c2ccc(F)cc2)cs1. The number of benzene rings is 1. The van der Waals surface area contributed by atoms with Crippen molar-refractivity contribution in [2.24, 2.45) is 0 Å². The summed E-state index contributed by atoms with van der Waals surface area (Å²) in [6.07, 6.45) is 0.215. The average Bonchev–Trinajstić information content (AvgIpc) is 2.89. The molecular formula is C15H15FN2O2S. The third-order valence-electron chi connectivity index (χ3n) is 2.88. The van der Waals surface area contributed by atoms with Gasteiger partial charge >= 0.3 is 0 Å². The van der Waals surface area contributed by atoms with Gasteiger partial charge in [0.25, 0.3) is 0 Å². The van der Waals surface area contributed by atoms with E-state index in [0.29, 0.717) is 12.1 Å². The number of nitrogens with one attached hydrogen (secondary N) is 1. The van der Waals surface area contributed by atoms with E-state index in [1.54, 1.807) is 0 Å². The molecule has 0 saturated carbocycles. The van der Waals surface area contributed by atoms with E-state index in [1.807, 2.05) is 12.3 Å². The van der Waals surface area contributed by atoms with Crippen LogP contribution in [-0.2, 0) is 11.3 Å². The molecule has 0 aliphatic carbocycles. The molecule has 0 atom stereocenters. The van der Waals surface area contributed by atoms with Crippen LogP contribution < -0.4 is 5.32 Å². The molecule has 0 fully saturated rings. The molecular weight excluding hydrogens is 291 g/mol. The number of halogens is 1. The summed E-state index contributed by atoms with van der Waals surface area (Å²) in [5, 5.41) is 5.56. The second-order valence-corrected chi connectivity index (χ2v) is 5.63. The predicted molar refractivity (Wildman–Crippen MR) is 78.7 cm³/mol. The molecule has 1 aromatic heterocycles. The molecule has 0 saturated heterocycles. The molecule has 0 spiro atoms. The smallest absolute Gasteiger partial charge is 0.220 e. The maximum absolute atomic E-state index is 12.7. The van der Waals surface area contributed by atoms with Gasteiger partial charge in [-0.05, 0) is 31.2 Å². The van der Waals surface area contributed by atoms with Gasteiger partial charge in [-0.25, -0.2) is 9.37 Å². The van der Waals surface area contributed by atoms with Crippen molar-refractivity contribution in [1.29, 1.82) is 0 Å². The van der Waals surface area contributed by atoms with Crippen LogP contribution in [-0.4, -0.2) is 16.7 Å². The Labute approximate surface area is 126 Å². The van der Waals surface area contributed by atoms with Gasteiger partial charge in [0, 0.05) is 23.8 Å². The number of hydrogen-bond donors (Lipinski definition) is 1. The fourth-order valence-corrected chi connectivity index (χ4v) is 2.39. The van der Waals surface area contributed by atoms with E-state index in [4.69, 9.17) is 0 Å². The highest BCUT2D eigenvalue weighted by Crippen LogP contribution is 2.09. The zero-order chi connectivity index (χ0) is 15.2. The number of ketones is 1. The fourth-order valence-electron chi connectivity index (χ4n) is 1.77. The van der Waals surface area contributed by atoms with Gasteiger partial charge in [0.2, 0.25) is 5.91 Å². The van der Waals surface area contributed by atoms with Gasteiger partial charge in [-0.3, -0.25) is 9.59 Å². The molecule has 1 aromatic carbocycles. The highest BCUT2D eigenvalue weighted by Gasteiger charge is 2.09. The molecule has 1 amide bonds. The number of Topliss-reactive ketones (excluding diaryl/α,β-unsaturated/α-hetero) is 1. The maximum atomic E-state index is 12.7. The molecule has 0 aliphatic heterocycles. The van der Waals surface area contributed by atoms with Crippen LogP contribution in [0.3, 0.4) is 0 Å². The van der Waals surface area contributed by atoms with E-state index in [0.717, 1.165) is 10.7 Å². The van der Waals surface area contributed by atoms with Crippen molar-refractivity contribution in [3.63, 3.8) is 0 Å². The topological polar surface area (TPSA) is 59.1 Å². The summed E-state index contributed by atoms with van der Waals surface area (Å²) in [5.41, 5.74) is 1.23. The first-order valence-corrected chi connectivity index (χ1v) is 7.39. The van der Waals surface area contributed by atoms with Gasteiger partial charge in [0.05, 0.1) is 17.2 Å². The predicted octanol–water partition coefficient (Wildman–Crippen LogP) is 2.87. The molecule has 0 aliphatic rings. The molecule has 1 N–H and O–H groups in total. The van der Waals surface area contributed by atoms with E-state index < -0.39 is 0 Å². The third-order valence-corrected chi connectivity index (χ3v) is 3.70. The summed E-state index contributed by atoms with van der Waals surface area (Å²) in [6.45, 7) is 2.27. The highest BCUT2D eigenvalue weighted by molar-refractivity contribution is 7.09. The second-order valence-electron chi connectivity index (χ2n) is 4.56. The maximum Gasteiger partial charge on any atom is 0.220 e. The number of hydrogen-bond acceptors (Lipinski definition) is 4. The molecule has 2 rings (SSSR count). The van der Waals surface area contributed by atoms with Gasteiger partial charge in [0.1, 0.15) is 5.82 Å². The number of aryl methyl sites for hydroxylation is 1. The van der Waals surface area contributed by atoms with E-state index in [9.17, 15) is 14.0 Å². The number of thiazole rings is 1. The normalized spacial score (nSPS) is 10.4. The fraction of sp³-hybridized carbons (Fsp3) is 0.267. The van der Waals surface area contributed by atoms with E-state index in [1.165, 1.54) is 35.6 Å². The Morgan fingerprint density at radius 3 is 2.57 bits per heavy atom. The van der Waals surface area contributed by atoms with Crippen LogP contribution in [0.15, 0.2) is 29.6 Å². The quantitative estimate of drug-likeness (QED) is 0.835. The summed E-state index contributed by atoms with van der Waals surface area (Å²) >= 11 is 1.53. The van der Waals surface area contributed by atoms with Crippen LogP contribution in [0.25, 0.3) is 0 Å². The van der Waals surface area contributed by atoms with E-state index in [-0.39, 0.29) is 30.3 Å². The summed E-state index contributed by atoms with van der Waals surface area (Å²) in [4.78, 5) is 27.7. The molecule has 21 heavy (non-hydrogen) atoms. The molecule has 110 valence electrons. The Hall–Kier alpha value is -2.08. The van der Waals surface area contributed by atoms with Crippen molar-refractivity contribution in [3.05, 3.63) is 51.7 Å². The largest absolute Gasteiger partial charge is 0.350 e. The molecule has 0 bridgehead atoms. The first-order valence-electron chi connectivity index (χ1n) is 6.51. The molecule has 2 aromatic rings. The molecule has 6 heteroatoms. The lowest BCUT2D eigenvalue weighted by molar-refractivity contribution is -0.121. The molecule has 0 unspecified atom stereocenters. The zero-order valence-corrected chi connectivity index (χ0v) is 12.4. The van der Waals surface area contributed by atoms with Crippen LogP contribution in [0.5, 0.6) is 0 Å². The lowest BCUT2D eigenvalue weighted by Crippen LogP contribution is -2.23. The number of nitrogens with zero attached hydrogens (tertiary/aromatic N) is 1. The van der Waals surface area contributed by atoms with Crippen LogP contribution in [0, 0.1) is 12.7 Å². The first kappa shape index (κ1) is 15.3. The van der Waals surface area contributed by atoms with Gasteiger partial charge in [-0.2, -0.15) is 0 Å². The van der Waals surface area contributed by atoms with Crippen LogP contribution >= 0.6 is 11.3 Å². The Bertz CT molecular complexity index is 637. The molecule has 1 heterocycles. The Balaban J connectivity index is 1.75. The van der Waals surface area contributed by atoms with Gasteiger partial charge in [0.15, 0.2) is 5.78 Å². The van der Waals surface area contributed by atoms with Crippen LogP contribution in [0.4, 0.5) is 4.39 Å². The lowest BCUT2D eigenvalue weighted by atomic mass is 10.1. The van der Waals surface area contributed by atoms with Gasteiger partial charge in [-0.15, -0.1) is 11.3 Å². The lowest BCUT2D eigenvalue weighted by Gasteiger charge is -2.03. The summed E-state index contributed by atoms with van der Waals surface area (Å²) in [6, 6.07) is 5.32. The third kappa shape index (κ3) is 4.75. The van der Waals surface area contributed by atoms with Crippen molar-refractivity contribution in [3.8, 4) is 0 Å². The first-order chi connectivity index (χ1) is 10.0. The monoisotopic (exact) mass is 306 g/mol. The average molecular weight is 306 g/mol. The van der Waals surface area contributed by atoms with Crippen LogP contribution in [0.1, 0.15) is 33.9 Å². The molecule has 4 nitrogen and oxygen atoms in total. The van der Waals surface area contributed by atoms with E-state index in [2.05, 4.69) is 10.3 Å². The standard InChI is InChI=1S/C15H15FN2O2S/c1-10-18-13(9-21-10)8-17-15(20)7-6-14(19)11-2-4-12(16)5-3-11/h2-5,9H,6-8H2,1H3,(H,17,20). The number of rotatable bonds is 6. The number of carbonyl (C=O) groups excluding carboxylic acids is 2. The summed E-state index contributed by atoms with van der Waals surface area (Å²) in [5.74, 6) is -0.756. The number of carbonyl (C=O) groups is 2. The minimum atomic E-state index is -0.386. The minimum Gasteiger partial charge on any atom is -0.350 e. The van der Waals surface area contributed by atoms with Gasteiger partial charge < -0.3 is 5.32 Å². The second kappa shape index (κ2) is 7.08. The van der Waals surface area contributed by atoms with Crippen molar-refractivity contribution < 1.29 is 14.0 Å². The summed E-state index contributed by atoms with van der Waals surface area (Å²) < 4.78 is 12.7. The van der Waals surface area contributed by atoms with Crippen molar-refractivity contribution >= 4 is 23.0 Å². The van der Waals surface area contributed by atoms with Crippen molar-refractivity contribution in [1.82, 2.24) is 10.3 Å². The number of amides is 1. The number of aromatic nitrogens is 1. The zero-order valence-electron chi connectivity index (χ0n) is 11.6. The minimum absolute atomic E-state index is 0.105. The summed E-state index contributed by atoms with van der Waals surface area (Å²) in [7, 11) is 0. The Morgan fingerprint density at radius 1 is 1.24 bits per heavy atom.